The van der Waals surface area contributed by atoms with E-state index in [9.17, 15) is 9.59 Å². The maximum atomic E-state index is 12.3. The van der Waals surface area contributed by atoms with Crippen LogP contribution in [0.5, 0.6) is 0 Å². The third kappa shape index (κ3) is 4.55. The first kappa shape index (κ1) is 18.0. The topological polar surface area (TPSA) is 100 Å². The molecular formula is C15H27N3O5. The second kappa shape index (κ2) is 8.47. The first-order chi connectivity index (χ1) is 11.1. The van der Waals surface area contributed by atoms with Crippen molar-refractivity contribution in [3.05, 3.63) is 0 Å². The fourth-order valence-corrected chi connectivity index (χ4v) is 3.36. The van der Waals surface area contributed by atoms with Crippen molar-refractivity contribution < 1.29 is 24.3 Å². The number of nitrogens with one attached hydrogen (secondary N) is 2. The van der Waals surface area contributed by atoms with E-state index < -0.39 is 0 Å². The lowest BCUT2D eigenvalue weighted by atomic mass is 9.79. The zero-order valence-corrected chi connectivity index (χ0v) is 13.8. The summed E-state index contributed by atoms with van der Waals surface area (Å²) in [6.45, 7) is 4.00. The largest absolute Gasteiger partial charge is 0.383 e. The fourth-order valence-electron chi connectivity index (χ4n) is 3.36. The molecule has 1 aliphatic heterocycles. The smallest absolute Gasteiger partial charge is 0.317 e. The van der Waals surface area contributed by atoms with Gasteiger partial charge in [-0.1, -0.05) is 0 Å². The molecule has 2 fully saturated rings. The Morgan fingerprint density at radius 2 is 2.17 bits per heavy atom. The van der Waals surface area contributed by atoms with Crippen LogP contribution in [-0.2, 0) is 14.3 Å². The van der Waals surface area contributed by atoms with Crippen LogP contribution in [0.2, 0.25) is 0 Å². The molecule has 1 heterocycles. The van der Waals surface area contributed by atoms with Crippen LogP contribution in [0.1, 0.15) is 26.2 Å². The van der Waals surface area contributed by atoms with Gasteiger partial charge in [-0.2, -0.15) is 0 Å². The third-order valence-electron chi connectivity index (χ3n) is 4.77. The zero-order valence-electron chi connectivity index (χ0n) is 13.8. The molecule has 0 aromatic rings. The maximum Gasteiger partial charge on any atom is 0.317 e. The van der Waals surface area contributed by atoms with Gasteiger partial charge in [-0.15, -0.1) is 0 Å². The van der Waals surface area contributed by atoms with Gasteiger partial charge in [0.25, 0.3) is 0 Å². The molecule has 1 saturated heterocycles. The van der Waals surface area contributed by atoms with Gasteiger partial charge < -0.3 is 19.7 Å². The summed E-state index contributed by atoms with van der Waals surface area (Å²) in [7, 11) is 1.60. The number of rotatable bonds is 4. The number of fused-ring (bicyclic) bond motifs is 1. The lowest BCUT2D eigenvalue weighted by Crippen LogP contribution is -2.48. The van der Waals surface area contributed by atoms with E-state index in [4.69, 9.17) is 14.7 Å². The van der Waals surface area contributed by atoms with E-state index in [1.807, 2.05) is 11.8 Å². The van der Waals surface area contributed by atoms with Gasteiger partial charge in [-0.3, -0.25) is 10.0 Å². The van der Waals surface area contributed by atoms with Crippen molar-refractivity contribution in [3.63, 3.8) is 0 Å². The number of hydrogen-bond donors (Lipinski definition) is 3. The Morgan fingerprint density at radius 3 is 2.87 bits per heavy atom. The molecule has 0 aromatic heterocycles. The van der Waals surface area contributed by atoms with Crippen molar-refractivity contribution in [2.75, 3.05) is 33.4 Å². The molecule has 0 spiro atoms. The second-order valence-electron chi connectivity index (χ2n) is 6.34. The summed E-state index contributed by atoms with van der Waals surface area (Å²) in [5.74, 6) is -0.354. The third-order valence-corrected chi connectivity index (χ3v) is 4.77. The number of ether oxygens (including phenoxy) is 2. The molecule has 1 saturated carbocycles. The zero-order chi connectivity index (χ0) is 16.8. The highest BCUT2D eigenvalue weighted by molar-refractivity contribution is 5.77. The van der Waals surface area contributed by atoms with Crippen LogP contribution >= 0.6 is 0 Å². The molecule has 0 aromatic carbocycles. The SMILES string of the molecule is COCCNC(=O)N1CC2CCC(C(=O)NO)CC2OC[C@@H]1C. The van der Waals surface area contributed by atoms with Gasteiger partial charge in [0.2, 0.25) is 5.91 Å². The molecule has 8 nitrogen and oxygen atoms in total. The average Bonchev–Trinajstić information content (AvgIpc) is 2.73. The Bertz CT molecular complexity index is 420. The summed E-state index contributed by atoms with van der Waals surface area (Å²) in [5, 5.41) is 11.6. The van der Waals surface area contributed by atoms with Crippen LogP contribution in [0.15, 0.2) is 0 Å². The monoisotopic (exact) mass is 329 g/mol. The van der Waals surface area contributed by atoms with Gasteiger partial charge in [0.1, 0.15) is 0 Å². The van der Waals surface area contributed by atoms with E-state index in [-0.39, 0.29) is 35.9 Å². The van der Waals surface area contributed by atoms with E-state index >= 15 is 0 Å². The minimum absolute atomic E-state index is 0.0201. The molecule has 0 radical (unpaired) electrons. The van der Waals surface area contributed by atoms with E-state index in [0.29, 0.717) is 39.1 Å². The summed E-state index contributed by atoms with van der Waals surface area (Å²) in [6, 6.07) is -0.123. The van der Waals surface area contributed by atoms with Crippen LogP contribution < -0.4 is 10.8 Å². The Labute approximate surface area is 136 Å². The predicted octanol–water partition coefficient (Wildman–Crippen LogP) is 0.353. The van der Waals surface area contributed by atoms with Gasteiger partial charge in [0, 0.05) is 32.0 Å². The van der Waals surface area contributed by atoms with Crippen molar-refractivity contribution in [2.24, 2.45) is 11.8 Å². The molecule has 8 heteroatoms. The molecule has 2 aliphatic rings. The van der Waals surface area contributed by atoms with E-state index in [2.05, 4.69) is 5.32 Å². The van der Waals surface area contributed by atoms with Gasteiger partial charge in [-0.25, -0.2) is 10.3 Å². The molecule has 0 bridgehead atoms. The van der Waals surface area contributed by atoms with Crippen molar-refractivity contribution in [1.29, 1.82) is 0 Å². The Morgan fingerprint density at radius 1 is 1.39 bits per heavy atom. The van der Waals surface area contributed by atoms with Gasteiger partial charge in [0.05, 0.1) is 25.4 Å². The lowest BCUT2D eigenvalue weighted by Gasteiger charge is -2.35. The second-order valence-corrected chi connectivity index (χ2v) is 6.34. The summed E-state index contributed by atoms with van der Waals surface area (Å²) in [4.78, 5) is 25.8. The number of urea groups is 1. The molecule has 3 amide bonds. The van der Waals surface area contributed by atoms with E-state index in [1.165, 1.54) is 0 Å². The average molecular weight is 329 g/mol. The predicted molar refractivity (Wildman–Crippen MR) is 81.9 cm³/mol. The van der Waals surface area contributed by atoms with Crippen LogP contribution in [0.3, 0.4) is 0 Å². The minimum Gasteiger partial charge on any atom is -0.383 e. The number of carbonyl (C=O) groups excluding carboxylic acids is 2. The molecule has 3 unspecified atom stereocenters. The van der Waals surface area contributed by atoms with Crippen LogP contribution in [0.4, 0.5) is 4.79 Å². The number of hydroxylamine groups is 1. The Hall–Kier alpha value is -1.38. The number of nitrogens with zero attached hydrogens (tertiary/aromatic N) is 1. The molecular weight excluding hydrogens is 302 g/mol. The van der Waals surface area contributed by atoms with Gasteiger partial charge >= 0.3 is 6.03 Å². The fraction of sp³-hybridized carbons (Fsp3) is 0.867. The van der Waals surface area contributed by atoms with E-state index in [1.54, 1.807) is 12.6 Å². The summed E-state index contributed by atoms with van der Waals surface area (Å²) >= 11 is 0. The molecule has 23 heavy (non-hydrogen) atoms. The maximum absolute atomic E-state index is 12.3. The number of carbonyl (C=O) groups is 2. The standard InChI is InChI=1S/C15H27N3O5/c1-10-9-23-13-7-11(14(19)17-21)3-4-12(13)8-18(10)15(20)16-5-6-22-2/h10-13,21H,3-9H2,1-2H3,(H,16,20)(H,17,19)/t10-,11?,12?,13?/m0/s1. The lowest BCUT2D eigenvalue weighted by molar-refractivity contribution is -0.137. The van der Waals surface area contributed by atoms with Crippen molar-refractivity contribution in [1.82, 2.24) is 15.7 Å². The Kier molecular flexibility index (Phi) is 6.61. The van der Waals surface area contributed by atoms with Crippen molar-refractivity contribution >= 4 is 11.9 Å². The Balaban J connectivity index is 1.95. The quantitative estimate of drug-likeness (QED) is 0.393. The van der Waals surface area contributed by atoms with Crippen molar-refractivity contribution in [3.8, 4) is 0 Å². The van der Waals surface area contributed by atoms with Crippen LogP contribution in [0, 0.1) is 11.8 Å². The highest BCUT2D eigenvalue weighted by atomic mass is 16.5. The van der Waals surface area contributed by atoms with Crippen LogP contribution in [0.25, 0.3) is 0 Å². The normalized spacial score (nSPS) is 31.0. The summed E-state index contributed by atoms with van der Waals surface area (Å²) < 4.78 is 10.9. The first-order valence-electron chi connectivity index (χ1n) is 8.15. The number of methoxy groups -OCH3 is 1. The molecule has 2 rings (SSSR count). The van der Waals surface area contributed by atoms with Crippen LogP contribution in [-0.4, -0.2) is 67.6 Å². The molecule has 1 aliphatic carbocycles. The molecule has 132 valence electrons. The molecule has 4 atom stereocenters. The summed E-state index contributed by atoms with van der Waals surface area (Å²) in [5.41, 5.74) is 1.73. The van der Waals surface area contributed by atoms with E-state index in [0.717, 1.165) is 6.42 Å². The highest BCUT2D eigenvalue weighted by Crippen LogP contribution is 2.34. The molecule has 3 N–H and O–H groups in total. The van der Waals surface area contributed by atoms with Gasteiger partial charge in [-0.05, 0) is 26.2 Å². The number of hydrogen-bond acceptors (Lipinski definition) is 5. The highest BCUT2D eigenvalue weighted by Gasteiger charge is 2.39. The summed E-state index contributed by atoms with van der Waals surface area (Å²) in [6.07, 6.45) is 2.04. The van der Waals surface area contributed by atoms with Crippen molar-refractivity contribution in [2.45, 2.75) is 38.3 Å². The van der Waals surface area contributed by atoms with Gasteiger partial charge in [0.15, 0.2) is 0 Å². The first-order valence-corrected chi connectivity index (χ1v) is 8.15. The number of amides is 3. The minimum atomic E-state index is -0.349.